The summed E-state index contributed by atoms with van der Waals surface area (Å²) in [5.41, 5.74) is 0.150. The molecule has 0 unspecified atom stereocenters. The highest BCUT2D eigenvalue weighted by molar-refractivity contribution is 9.10. The Hall–Kier alpha value is -0.940. The van der Waals surface area contributed by atoms with E-state index in [1.165, 1.54) is 0 Å². The van der Waals surface area contributed by atoms with E-state index in [1.807, 2.05) is 0 Å². The fourth-order valence-electron chi connectivity index (χ4n) is 2.49. The summed E-state index contributed by atoms with van der Waals surface area (Å²) in [6.45, 7) is 8.48. The van der Waals surface area contributed by atoms with E-state index in [-0.39, 0.29) is 11.5 Å². The minimum Gasteiger partial charge on any atom is -0.336 e. The molecule has 110 valence electrons. The predicted molar refractivity (Wildman–Crippen MR) is 81.3 cm³/mol. The van der Waals surface area contributed by atoms with Crippen molar-refractivity contribution in [3.63, 3.8) is 0 Å². The van der Waals surface area contributed by atoms with Crippen molar-refractivity contribution in [2.75, 3.05) is 32.7 Å². The first-order valence-electron chi connectivity index (χ1n) is 6.94. The van der Waals surface area contributed by atoms with E-state index >= 15 is 0 Å². The van der Waals surface area contributed by atoms with Crippen LogP contribution < -0.4 is 0 Å². The maximum absolute atomic E-state index is 14.0. The minimum atomic E-state index is -0.470. The van der Waals surface area contributed by atoms with E-state index in [1.54, 1.807) is 23.1 Å². The highest BCUT2D eigenvalue weighted by Crippen LogP contribution is 2.20. The Morgan fingerprint density at radius 3 is 2.55 bits per heavy atom. The lowest BCUT2D eigenvalue weighted by atomic mass is 10.1. The maximum Gasteiger partial charge on any atom is 0.256 e. The number of rotatable bonds is 3. The molecule has 0 saturated carbocycles. The summed E-state index contributed by atoms with van der Waals surface area (Å²) in [6.07, 6.45) is 0. The van der Waals surface area contributed by atoms with Crippen LogP contribution in [0.1, 0.15) is 24.2 Å². The molecular formula is C15H20BrFN2O. The van der Waals surface area contributed by atoms with E-state index in [0.29, 0.717) is 23.5 Å². The van der Waals surface area contributed by atoms with Crippen molar-refractivity contribution in [3.8, 4) is 0 Å². The highest BCUT2D eigenvalue weighted by Gasteiger charge is 2.24. The van der Waals surface area contributed by atoms with Gasteiger partial charge in [-0.25, -0.2) is 4.39 Å². The molecule has 1 aromatic rings. The van der Waals surface area contributed by atoms with Gasteiger partial charge in [-0.05, 0) is 34.0 Å². The zero-order valence-corrected chi connectivity index (χ0v) is 13.5. The molecule has 20 heavy (non-hydrogen) atoms. The largest absolute Gasteiger partial charge is 0.336 e. The topological polar surface area (TPSA) is 23.6 Å². The summed E-state index contributed by atoms with van der Waals surface area (Å²) >= 11 is 3.12. The molecule has 1 aromatic carbocycles. The van der Waals surface area contributed by atoms with Crippen molar-refractivity contribution in [2.24, 2.45) is 5.92 Å². The minimum absolute atomic E-state index is 0.150. The van der Waals surface area contributed by atoms with Gasteiger partial charge in [0, 0.05) is 32.7 Å². The fraction of sp³-hybridized carbons (Fsp3) is 0.533. The van der Waals surface area contributed by atoms with Gasteiger partial charge in [0.15, 0.2) is 0 Å². The Balaban J connectivity index is 2.00. The van der Waals surface area contributed by atoms with Crippen LogP contribution in [0.2, 0.25) is 0 Å². The van der Waals surface area contributed by atoms with Crippen LogP contribution in [0.25, 0.3) is 0 Å². The van der Waals surface area contributed by atoms with Crippen LogP contribution in [0.4, 0.5) is 4.39 Å². The normalized spacial score (nSPS) is 16.8. The van der Waals surface area contributed by atoms with Gasteiger partial charge in [-0.3, -0.25) is 9.69 Å². The Morgan fingerprint density at radius 2 is 1.95 bits per heavy atom. The number of piperazine rings is 1. The molecule has 1 aliphatic heterocycles. The van der Waals surface area contributed by atoms with Gasteiger partial charge in [0.1, 0.15) is 5.82 Å². The predicted octanol–water partition coefficient (Wildman–Crippen LogP) is 3.00. The van der Waals surface area contributed by atoms with Crippen molar-refractivity contribution < 1.29 is 9.18 Å². The lowest BCUT2D eigenvalue weighted by molar-refractivity contribution is 0.0619. The second-order valence-electron chi connectivity index (χ2n) is 5.59. The van der Waals surface area contributed by atoms with Gasteiger partial charge in [-0.2, -0.15) is 0 Å². The fourth-order valence-corrected chi connectivity index (χ4v) is 2.86. The van der Waals surface area contributed by atoms with Crippen molar-refractivity contribution in [2.45, 2.75) is 13.8 Å². The molecule has 1 heterocycles. The number of halogens is 2. The number of hydrogen-bond donors (Lipinski definition) is 0. The third-order valence-corrected chi connectivity index (χ3v) is 4.08. The monoisotopic (exact) mass is 342 g/mol. The van der Waals surface area contributed by atoms with E-state index < -0.39 is 5.82 Å². The van der Waals surface area contributed by atoms with Crippen molar-refractivity contribution in [1.82, 2.24) is 9.80 Å². The van der Waals surface area contributed by atoms with Crippen LogP contribution in [0.5, 0.6) is 0 Å². The molecular weight excluding hydrogens is 323 g/mol. The van der Waals surface area contributed by atoms with Gasteiger partial charge in [0.25, 0.3) is 5.91 Å². The van der Waals surface area contributed by atoms with E-state index in [4.69, 9.17) is 0 Å². The lowest BCUT2D eigenvalue weighted by Gasteiger charge is -2.35. The average Bonchev–Trinajstić information content (AvgIpc) is 2.41. The molecule has 0 spiro atoms. The van der Waals surface area contributed by atoms with Crippen LogP contribution in [0, 0.1) is 11.7 Å². The number of benzene rings is 1. The van der Waals surface area contributed by atoms with Crippen LogP contribution in [-0.2, 0) is 0 Å². The highest BCUT2D eigenvalue weighted by atomic mass is 79.9. The zero-order valence-electron chi connectivity index (χ0n) is 11.9. The van der Waals surface area contributed by atoms with Crippen LogP contribution >= 0.6 is 15.9 Å². The molecule has 2 rings (SSSR count). The summed E-state index contributed by atoms with van der Waals surface area (Å²) in [5, 5.41) is 0. The number of nitrogens with zero attached hydrogens (tertiary/aromatic N) is 2. The molecule has 3 nitrogen and oxygen atoms in total. The second kappa shape index (κ2) is 6.68. The van der Waals surface area contributed by atoms with Gasteiger partial charge in [-0.1, -0.05) is 19.9 Å². The number of carbonyl (C=O) groups is 1. The Labute approximate surface area is 127 Å². The van der Waals surface area contributed by atoms with Crippen molar-refractivity contribution in [1.29, 1.82) is 0 Å². The quantitative estimate of drug-likeness (QED) is 0.842. The van der Waals surface area contributed by atoms with Gasteiger partial charge >= 0.3 is 0 Å². The third-order valence-electron chi connectivity index (χ3n) is 3.46. The molecule has 0 aliphatic carbocycles. The molecule has 5 heteroatoms. The smallest absolute Gasteiger partial charge is 0.256 e. The average molecular weight is 343 g/mol. The number of amides is 1. The van der Waals surface area contributed by atoms with Crippen LogP contribution in [-0.4, -0.2) is 48.4 Å². The Morgan fingerprint density at radius 1 is 1.30 bits per heavy atom. The Kier molecular flexibility index (Phi) is 5.16. The van der Waals surface area contributed by atoms with Gasteiger partial charge < -0.3 is 4.90 Å². The molecule has 0 atom stereocenters. The molecule has 0 radical (unpaired) electrons. The molecule has 0 bridgehead atoms. The number of carbonyl (C=O) groups excluding carboxylic acids is 1. The summed E-state index contributed by atoms with van der Waals surface area (Å²) < 4.78 is 14.3. The first kappa shape index (κ1) is 15.4. The third kappa shape index (κ3) is 3.58. The first-order valence-corrected chi connectivity index (χ1v) is 7.74. The lowest BCUT2D eigenvalue weighted by Crippen LogP contribution is -2.49. The zero-order chi connectivity index (χ0) is 14.7. The maximum atomic E-state index is 14.0. The van der Waals surface area contributed by atoms with Crippen molar-refractivity contribution >= 4 is 21.8 Å². The SMILES string of the molecule is CC(C)CN1CCN(C(=O)c2cccc(Br)c2F)CC1. The standard InChI is InChI=1S/C15H20BrFN2O/c1-11(2)10-18-6-8-19(9-7-18)15(20)12-4-3-5-13(16)14(12)17/h3-5,11H,6-10H2,1-2H3. The van der Waals surface area contributed by atoms with Gasteiger partial charge in [-0.15, -0.1) is 0 Å². The summed E-state index contributed by atoms with van der Waals surface area (Å²) in [4.78, 5) is 16.4. The summed E-state index contributed by atoms with van der Waals surface area (Å²) in [6, 6.07) is 4.84. The molecule has 1 saturated heterocycles. The molecule has 0 aromatic heterocycles. The summed E-state index contributed by atoms with van der Waals surface area (Å²) in [5.74, 6) is -0.0603. The van der Waals surface area contributed by atoms with Crippen LogP contribution in [0.3, 0.4) is 0 Å². The van der Waals surface area contributed by atoms with E-state index in [2.05, 4.69) is 34.7 Å². The van der Waals surface area contributed by atoms with Crippen molar-refractivity contribution in [3.05, 3.63) is 34.1 Å². The second-order valence-corrected chi connectivity index (χ2v) is 6.44. The Bertz CT molecular complexity index is 485. The van der Waals surface area contributed by atoms with E-state index in [0.717, 1.165) is 19.6 Å². The molecule has 1 aliphatic rings. The van der Waals surface area contributed by atoms with Gasteiger partial charge in [0.2, 0.25) is 0 Å². The summed E-state index contributed by atoms with van der Waals surface area (Å²) in [7, 11) is 0. The number of hydrogen-bond acceptors (Lipinski definition) is 2. The molecule has 1 amide bonds. The molecule has 0 N–H and O–H groups in total. The van der Waals surface area contributed by atoms with Crippen LogP contribution in [0.15, 0.2) is 22.7 Å². The van der Waals surface area contributed by atoms with E-state index in [9.17, 15) is 9.18 Å². The molecule has 1 fully saturated rings. The van der Waals surface area contributed by atoms with Gasteiger partial charge in [0.05, 0.1) is 10.0 Å². The first-order chi connectivity index (χ1) is 9.49.